The Hall–Kier alpha value is -1.56. The van der Waals surface area contributed by atoms with Crippen LogP contribution in [0.1, 0.15) is 25.7 Å². The van der Waals surface area contributed by atoms with Crippen LogP contribution < -0.4 is 16.8 Å². The van der Waals surface area contributed by atoms with Crippen LogP contribution in [0, 0.1) is 0 Å². The molecule has 6 nitrogen and oxygen atoms in total. The first-order chi connectivity index (χ1) is 7.63. The van der Waals surface area contributed by atoms with Gasteiger partial charge >= 0.3 is 0 Å². The molecule has 1 fully saturated rings. The lowest BCUT2D eigenvalue weighted by Gasteiger charge is -2.28. The summed E-state index contributed by atoms with van der Waals surface area (Å²) in [5.41, 5.74) is 10.8. The lowest BCUT2D eigenvalue weighted by Crippen LogP contribution is -2.39. The summed E-state index contributed by atoms with van der Waals surface area (Å²) in [6, 6.07) is 1.63. The Morgan fingerprint density at radius 1 is 1.31 bits per heavy atom. The van der Waals surface area contributed by atoms with Gasteiger partial charge in [0.25, 0.3) is 0 Å². The van der Waals surface area contributed by atoms with Crippen LogP contribution >= 0.6 is 0 Å². The molecule has 6 heteroatoms. The third kappa shape index (κ3) is 2.16. The van der Waals surface area contributed by atoms with E-state index in [4.69, 9.17) is 11.5 Å². The molecular formula is C10H17N5O. The molecule has 1 heterocycles. The number of nitrogens with zero attached hydrogens (tertiary/aromatic N) is 2. The number of aliphatic hydroxyl groups is 1. The average molecular weight is 223 g/mol. The van der Waals surface area contributed by atoms with Crippen LogP contribution in [-0.2, 0) is 0 Å². The monoisotopic (exact) mass is 223 g/mol. The molecule has 1 aliphatic rings. The molecule has 0 spiro atoms. The molecule has 2 rings (SSSR count). The summed E-state index contributed by atoms with van der Waals surface area (Å²) < 4.78 is 0. The summed E-state index contributed by atoms with van der Waals surface area (Å²) in [4.78, 5) is 7.85. The predicted molar refractivity (Wildman–Crippen MR) is 62.8 cm³/mol. The lowest BCUT2D eigenvalue weighted by molar-refractivity contribution is 0.214. The van der Waals surface area contributed by atoms with Crippen molar-refractivity contribution in [3.63, 3.8) is 0 Å². The Kier molecular flexibility index (Phi) is 2.82. The van der Waals surface area contributed by atoms with Gasteiger partial charge in [-0.3, -0.25) is 0 Å². The minimum Gasteiger partial charge on any atom is -0.394 e. The highest BCUT2D eigenvalue weighted by molar-refractivity contribution is 5.50. The zero-order valence-electron chi connectivity index (χ0n) is 9.11. The lowest BCUT2D eigenvalue weighted by atomic mass is 9.99. The number of nitrogen functional groups attached to an aromatic ring is 2. The number of nitrogens with one attached hydrogen (secondary N) is 1. The van der Waals surface area contributed by atoms with E-state index in [-0.39, 0.29) is 18.1 Å². The Labute approximate surface area is 94.1 Å². The quantitative estimate of drug-likeness (QED) is 0.589. The van der Waals surface area contributed by atoms with E-state index in [9.17, 15) is 5.11 Å². The minimum atomic E-state index is -0.271. The molecule has 16 heavy (non-hydrogen) atoms. The molecule has 0 unspecified atom stereocenters. The van der Waals surface area contributed by atoms with Crippen LogP contribution in [0.2, 0.25) is 0 Å². The SMILES string of the molecule is Nc1cc(NC2(CO)CCCC2)nc(N)n1. The third-order valence-corrected chi connectivity index (χ3v) is 3.02. The van der Waals surface area contributed by atoms with E-state index in [2.05, 4.69) is 15.3 Å². The fourth-order valence-electron chi connectivity index (χ4n) is 2.20. The highest BCUT2D eigenvalue weighted by Gasteiger charge is 2.33. The van der Waals surface area contributed by atoms with Crippen molar-refractivity contribution in [1.29, 1.82) is 0 Å². The molecule has 6 N–H and O–H groups in total. The van der Waals surface area contributed by atoms with Gasteiger partial charge in [-0.2, -0.15) is 9.97 Å². The standard InChI is InChI=1S/C10H17N5O/c11-7-5-8(14-9(12)13-7)15-10(6-16)3-1-2-4-10/h5,16H,1-4,6H2,(H5,11,12,13,14,15). The second kappa shape index (κ2) is 4.13. The fourth-order valence-corrected chi connectivity index (χ4v) is 2.20. The summed E-state index contributed by atoms with van der Waals surface area (Å²) in [7, 11) is 0. The van der Waals surface area contributed by atoms with Gasteiger partial charge in [0.05, 0.1) is 12.1 Å². The molecule has 0 aromatic carbocycles. The molecular weight excluding hydrogens is 206 g/mol. The smallest absolute Gasteiger partial charge is 0.223 e. The van der Waals surface area contributed by atoms with E-state index < -0.39 is 0 Å². The van der Waals surface area contributed by atoms with Gasteiger partial charge in [0.1, 0.15) is 11.6 Å². The summed E-state index contributed by atoms with van der Waals surface area (Å²) in [6.45, 7) is 0.0941. The Balaban J connectivity index is 2.18. The zero-order valence-corrected chi connectivity index (χ0v) is 9.11. The molecule has 1 aromatic heterocycles. The minimum absolute atomic E-state index is 0.0941. The van der Waals surface area contributed by atoms with Crippen LogP contribution in [0.25, 0.3) is 0 Å². The summed E-state index contributed by atoms with van der Waals surface area (Å²) in [5, 5.41) is 12.7. The van der Waals surface area contributed by atoms with Gasteiger partial charge < -0.3 is 21.9 Å². The number of rotatable bonds is 3. The molecule has 1 aromatic rings. The molecule has 0 aliphatic heterocycles. The van der Waals surface area contributed by atoms with Gasteiger partial charge in [-0.05, 0) is 12.8 Å². The number of nitrogens with two attached hydrogens (primary N) is 2. The molecule has 0 radical (unpaired) electrons. The third-order valence-electron chi connectivity index (χ3n) is 3.02. The summed E-state index contributed by atoms with van der Waals surface area (Å²) in [6.07, 6.45) is 4.11. The second-order valence-corrected chi connectivity index (χ2v) is 4.31. The van der Waals surface area contributed by atoms with Crippen molar-refractivity contribution in [1.82, 2.24) is 9.97 Å². The maximum Gasteiger partial charge on any atom is 0.223 e. The van der Waals surface area contributed by atoms with Crippen molar-refractivity contribution in [3.05, 3.63) is 6.07 Å². The van der Waals surface area contributed by atoms with Crippen LogP contribution in [0.3, 0.4) is 0 Å². The maximum atomic E-state index is 9.45. The van der Waals surface area contributed by atoms with Crippen LogP contribution in [-0.4, -0.2) is 27.2 Å². The average Bonchev–Trinajstić information content (AvgIpc) is 2.65. The molecule has 0 amide bonds. The topological polar surface area (TPSA) is 110 Å². The van der Waals surface area contributed by atoms with Crippen molar-refractivity contribution in [2.45, 2.75) is 31.2 Å². The molecule has 1 aliphatic carbocycles. The molecule has 0 atom stereocenters. The molecule has 1 saturated carbocycles. The normalized spacial score (nSPS) is 18.6. The number of hydrogen-bond donors (Lipinski definition) is 4. The zero-order chi connectivity index (χ0) is 11.6. The van der Waals surface area contributed by atoms with E-state index in [0.717, 1.165) is 25.7 Å². The van der Waals surface area contributed by atoms with E-state index in [1.165, 1.54) is 0 Å². The van der Waals surface area contributed by atoms with Gasteiger partial charge in [-0.25, -0.2) is 0 Å². The number of aliphatic hydroxyl groups excluding tert-OH is 1. The highest BCUT2D eigenvalue weighted by atomic mass is 16.3. The first-order valence-corrected chi connectivity index (χ1v) is 5.43. The van der Waals surface area contributed by atoms with Gasteiger partial charge in [-0.15, -0.1) is 0 Å². The summed E-state index contributed by atoms with van der Waals surface area (Å²) in [5.74, 6) is 1.07. The maximum absolute atomic E-state index is 9.45. The first-order valence-electron chi connectivity index (χ1n) is 5.43. The van der Waals surface area contributed by atoms with E-state index in [1.54, 1.807) is 6.07 Å². The highest BCUT2D eigenvalue weighted by Crippen LogP contribution is 2.32. The fraction of sp³-hybridized carbons (Fsp3) is 0.600. The van der Waals surface area contributed by atoms with E-state index in [0.29, 0.717) is 11.6 Å². The van der Waals surface area contributed by atoms with Crippen LogP contribution in [0.5, 0.6) is 0 Å². The Morgan fingerprint density at radius 3 is 2.56 bits per heavy atom. The Bertz CT molecular complexity index is 355. The predicted octanol–water partition coefficient (Wildman–Crippen LogP) is 0.358. The van der Waals surface area contributed by atoms with Crippen molar-refractivity contribution >= 4 is 17.6 Å². The molecule has 0 bridgehead atoms. The number of hydrogen-bond acceptors (Lipinski definition) is 6. The van der Waals surface area contributed by atoms with Crippen molar-refractivity contribution < 1.29 is 5.11 Å². The van der Waals surface area contributed by atoms with E-state index >= 15 is 0 Å². The van der Waals surface area contributed by atoms with Crippen molar-refractivity contribution in [2.24, 2.45) is 0 Å². The van der Waals surface area contributed by atoms with E-state index in [1.807, 2.05) is 0 Å². The molecule has 88 valence electrons. The number of aromatic nitrogens is 2. The Morgan fingerprint density at radius 2 is 2.00 bits per heavy atom. The van der Waals surface area contributed by atoms with Crippen molar-refractivity contribution in [2.75, 3.05) is 23.4 Å². The number of anilines is 3. The molecule has 0 saturated heterocycles. The van der Waals surface area contributed by atoms with Crippen molar-refractivity contribution in [3.8, 4) is 0 Å². The van der Waals surface area contributed by atoms with Crippen LogP contribution in [0.4, 0.5) is 17.6 Å². The largest absolute Gasteiger partial charge is 0.394 e. The van der Waals surface area contributed by atoms with Gasteiger partial charge in [0.15, 0.2) is 0 Å². The second-order valence-electron chi connectivity index (χ2n) is 4.31. The van der Waals surface area contributed by atoms with Gasteiger partial charge in [0, 0.05) is 6.07 Å². The van der Waals surface area contributed by atoms with Gasteiger partial charge in [0.2, 0.25) is 5.95 Å². The summed E-state index contributed by atoms with van der Waals surface area (Å²) >= 11 is 0. The van der Waals surface area contributed by atoms with Crippen LogP contribution in [0.15, 0.2) is 6.07 Å². The first kappa shape index (κ1) is 10.9. The van der Waals surface area contributed by atoms with Gasteiger partial charge in [-0.1, -0.05) is 12.8 Å².